The van der Waals surface area contributed by atoms with Crippen molar-refractivity contribution < 1.29 is 14.1 Å². The summed E-state index contributed by atoms with van der Waals surface area (Å²) in [4.78, 5) is 17.7. The molecule has 2 aromatic carbocycles. The lowest BCUT2D eigenvalue weighted by Gasteiger charge is -2.25. The summed E-state index contributed by atoms with van der Waals surface area (Å²) in [5, 5.41) is 4.45. The number of aryl methyl sites for hydroxylation is 1. The van der Waals surface area contributed by atoms with Crippen LogP contribution in [0.5, 0.6) is 0 Å². The van der Waals surface area contributed by atoms with Crippen LogP contribution in [-0.4, -0.2) is 49.3 Å². The second-order valence-corrected chi connectivity index (χ2v) is 8.26. The van der Waals surface area contributed by atoms with E-state index in [2.05, 4.69) is 10.1 Å². The van der Waals surface area contributed by atoms with Gasteiger partial charge in [0.2, 0.25) is 5.88 Å². The molecule has 1 fully saturated rings. The van der Waals surface area contributed by atoms with E-state index in [-0.39, 0.29) is 5.91 Å². The molecular weight excluding hydrogens is 402 g/mol. The normalized spacial score (nSPS) is 13.5. The molecule has 1 aliphatic rings. The second kappa shape index (κ2) is 10.5. The van der Waals surface area contributed by atoms with Gasteiger partial charge in [-0.25, -0.2) is 0 Å². The summed E-state index contributed by atoms with van der Waals surface area (Å²) in [6.45, 7) is 5.52. The summed E-state index contributed by atoms with van der Waals surface area (Å²) in [7, 11) is 1.69. The molecule has 6 nitrogen and oxygen atoms in total. The molecular formula is C26H31N3O3. The Balaban J connectivity index is 1.70. The SMILES string of the molecule is COCCCN(Cc1c(-c2ccccc2)noc1N1CCCC1)C(=O)c1ccccc1C. The standard InChI is InChI=1S/C26H31N3O3/c1-20-11-6-7-14-22(20)25(30)29(17-10-18-31-2)19-23-24(21-12-4-3-5-13-21)27-32-26(23)28-15-8-9-16-28/h3-7,11-14H,8-10,15-19H2,1-2H3. The van der Waals surface area contributed by atoms with E-state index in [1.807, 2.05) is 66.4 Å². The fourth-order valence-electron chi connectivity index (χ4n) is 4.26. The Morgan fingerprint density at radius 3 is 2.53 bits per heavy atom. The fraction of sp³-hybridized carbons (Fsp3) is 0.385. The molecule has 4 rings (SSSR count). The molecule has 168 valence electrons. The van der Waals surface area contributed by atoms with Crippen LogP contribution in [0.2, 0.25) is 0 Å². The lowest BCUT2D eigenvalue weighted by atomic mass is 10.0. The number of anilines is 1. The highest BCUT2D eigenvalue weighted by Crippen LogP contribution is 2.34. The van der Waals surface area contributed by atoms with Gasteiger partial charge in [-0.15, -0.1) is 0 Å². The minimum atomic E-state index is 0.0202. The molecule has 1 aromatic heterocycles. The van der Waals surface area contributed by atoms with E-state index < -0.39 is 0 Å². The number of carbonyl (C=O) groups excluding carboxylic acids is 1. The van der Waals surface area contributed by atoms with Gasteiger partial charge in [0.1, 0.15) is 5.69 Å². The van der Waals surface area contributed by atoms with Gasteiger partial charge in [0.25, 0.3) is 5.91 Å². The van der Waals surface area contributed by atoms with Crippen LogP contribution in [0.4, 0.5) is 5.88 Å². The second-order valence-electron chi connectivity index (χ2n) is 8.26. The van der Waals surface area contributed by atoms with E-state index in [1.165, 1.54) is 0 Å². The van der Waals surface area contributed by atoms with Crippen molar-refractivity contribution in [2.75, 3.05) is 38.3 Å². The first-order valence-electron chi connectivity index (χ1n) is 11.3. The number of methoxy groups -OCH3 is 1. The Bertz CT molecular complexity index is 1030. The molecule has 0 saturated carbocycles. The molecule has 1 amide bonds. The molecule has 32 heavy (non-hydrogen) atoms. The minimum Gasteiger partial charge on any atom is -0.385 e. The average Bonchev–Trinajstić information content (AvgIpc) is 3.49. The van der Waals surface area contributed by atoms with E-state index in [0.717, 1.165) is 66.2 Å². The monoisotopic (exact) mass is 433 g/mol. The first-order chi connectivity index (χ1) is 15.7. The minimum absolute atomic E-state index is 0.0202. The molecule has 0 unspecified atom stereocenters. The number of hydrogen-bond donors (Lipinski definition) is 0. The van der Waals surface area contributed by atoms with E-state index in [9.17, 15) is 4.79 Å². The van der Waals surface area contributed by atoms with Crippen molar-refractivity contribution >= 4 is 11.8 Å². The summed E-state index contributed by atoms with van der Waals surface area (Å²) in [5.74, 6) is 0.808. The molecule has 6 heteroatoms. The van der Waals surface area contributed by atoms with Crippen LogP contribution in [-0.2, 0) is 11.3 Å². The number of rotatable bonds is 9. The number of benzene rings is 2. The molecule has 0 aliphatic carbocycles. The number of carbonyl (C=O) groups is 1. The highest BCUT2D eigenvalue weighted by atomic mass is 16.5. The third-order valence-electron chi connectivity index (χ3n) is 6.00. The maximum atomic E-state index is 13.6. The maximum Gasteiger partial charge on any atom is 0.254 e. The Labute approximate surface area is 189 Å². The van der Waals surface area contributed by atoms with Crippen LogP contribution in [0.25, 0.3) is 11.3 Å². The lowest BCUT2D eigenvalue weighted by molar-refractivity contribution is 0.0723. The third kappa shape index (κ3) is 4.86. The van der Waals surface area contributed by atoms with E-state index in [4.69, 9.17) is 9.26 Å². The van der Waals surface area contributed by atoms with Crippen LogP contribution in [0.15, 0.2) is 59.1 Å². The van der Waals surface area contributed by atoms with Gasteiger partial charge in [0.05, 0.1) is 12.1 Å². The van der Waals surface area contributed by atoms with Gasteiger partial charge in [0, 0.05) is 44.5 Å². The van der Waals surface area contributed by atoms with Gasteiger partial charge in [-0.3, -0.25) is 4.79 Å². The lowest BCUT2D eigenvalue weighted by Crippen LogP contribution is -2.33. The zero-order valence-corrected chi connectivity index (χ0v) is 18.9. The van der Waals surface area contributed by atoms with Crippen molar-refractivity contribution in [3.63, 3.8) is 0 Å². The van der Waals surface area contributed by atoms with Gasteiger partial charge in [0.15, 0.2) is 0 Å². The highest BCUT2D eigenvalue weighted by Gasteiger charge is 2.28. The Morgan fingerprint density at radius 1 is 1.09 bits per heavy atom. The molecule has 1 saturated heterocycles. The molecule has 0 spiro atoms. The Hall–Kier alpha value is -3.12. The van der Waals surface area contributed by atoms with Gasteiger partial charge in [-0.2, -0.15) is 0 Å². The van der Waals surface area contributed by atoms with Gasteiger partial charge in [-0.05, 0) is 37.8 Å². The summed E-state index contributed by atoms with van der Waals surface area (Å²) in [5.41, 5.74) is 4.48. The zero-order chi connectivity index (χ0) is 22.3. The van der Waals surface area contributed by atoms with Crippen molar-refractivity contribution in [3.05, 3.63) is 71.3 Å². The summed E-state index contributed by atoms with van der Waals surface area (Å²) >= 11 is 0. The van der Waals surface area contributed by atoms with Crippen molar-refractivity contribution in [1.82, 2.24) is 10.1 Å². The molecule has 0 radical (unpaired) electrons. The zero-order valence-electron chi connectivity index (χ0n) is 18.9. The number of nitrogens with zero attached hydrogens (tertiary/aromatic N) is 3. The number of ether oxygens (including phenoxy) is 1. The molecule has 0 bridgehead atoms. The smallest absolute Gasteiger partial charge is 0.254 e. The maximum absolute atomic E-state index is 13.6. The van der Waals surface area contributed by atoms with Gasteiger partial charge in [-0.1, -0.05) is 53.7 Å². The molecule has 0 atom stereocenters. The Morgan fingerprint density at radius 2 is 1.81 bits per heavy atom. The van der Waals surface area contributed by atoms with Gasteiger partial charge >= 0.3 is 0 Å². The third-order valence-corrected chi connectivity index (χ3v) is 6.00. The van der Waals surface area contributed by atoms with E-state index in [1.54, 1.807) is 7.11 Å². The molecule has 3 aromatic rings. The van der Waals surface area contributed by atoms with Crippen molar-refractivity contribution in [2.24, 2.45) is 0 Å². The largest absolute Gasteiger partial charge is 0.385 e. The summed E-state index contributed by atoms with van der Waals surface area (Å²) < 4.78 is 11.1. The molecule has 2 heterocycles. The van der Waals surface area contributed by atoms with Gasteiger partial charge < -0.3 is 19.1 Å². The number of amides is 1. The molecule has 1 aliphatic heterocycles. The highest BCUT2D eigenvalue weighted by molar-refractivity contribution is 5.95. The summed E-state index contributed by atoms with van der Waals surface area (Å²) in [6, 6.07) is 17.8. The van der Waals surface area contributed by atoms with Crippen LogP contribution in [0.3, 0.4) is 0 Å². The molecule has 0 N–H and O–H groups in total. The predicted octanol–water partition coefficient (Wildman–Crippen LogP) is 4.93. The quantitative estimate of drug-likeness (QED) is 0.448. The van der Waals surface area contributed by atoms with E-state index in [0.29, 0.717) is 19.7 Å². The van der Waals surface area contributed by atoms with Crippen molar-refractivity contribution in [1.29, 1.82) is 0 Å². The van der Waals surface area contributed by atoms with Crippen LogP contribution in [0.1, 0.15) is 40.7 Å². The number of aromatic nitrogens is 1. The summed E-state index contributed by atoms with van der Waals surface area (Å²) in [6.07, 6.45) is 3.04. The first-order valence-corrected chi connectivity index (χ1v) is 11.3. The fourth-order valence-corrected chi connectivity index (χ4v) is 4.26. The van der Waals surface area contributed by atoms with Crippen molar-refractivity contribution in [2.45, 2.75) is 32.7 Å². The van der Waals surface area contributed by atoms with Crippen LogP contribution in [0, 0.1) is 6.92 Å². The topological polar surface area (TPSA) is 58.8 Å². The van der Waals surface area contributed by atoms with Crippen LogP contribution < -0.4 is 4.90 Å². The predicted molar refractivity (Wildman–Crippen MR) is 126 cm³/mol. The van der Waals surface area contributed by atoms with E-state index >= 15 is 0 Å². The van der Waals surface area contributed by atoms with Crippen molar-refractivity contribution in [3.8, 4) is 11.3 Å². The Kier molecular flexibility index (Phi) is 7.22. The first kappa shape index (κ1) is 22.1. The van der Waals surface area contributed by atoms with Crippen LogP contribution >= 0.6 is 0 Å². The average molecular weight is 434 g/mol. The number of hydrogen-bond acceptors (Lipinski definition) is 5.